The maximum atomic E-state index is 13.6. The van der Waals surface area contributed by atoms with Crippen molar-refractivity contribution in [2.75, 3.05) is 34.5 Å². The quantitative estimate of drug-likeness (QED) is 0.491. The lowest BCUT2D eigenvalue weighted by atomic mass is 9.97. The first-order valence-corrected chi connectivity index (χ1v) is 10.6. The van der Waals surface area contributed by atoms with Crippen molar-refractivity contribution in [3.8, 4) is 11.5 Å². The van der Waals surface area contributed by atoms with Crippen molar-refractivity contribution in [3.63, 3.8) is 0 Å². The molecule has 0 saturated carbocycles. The zero-order chi connectivity index (χ0) is 23.0. The molecule has 3 aromatic rings. The lowest BCUT2D eigenvalue weighted by Crippen LogP contribution is -2.31. The summed E-state index contributed by atoms with van der Waals surface area (Å²) in [6.45, 7) is 2.70. The third-order valence-electron chi connectivity index (χ3n) is 5.72. The van der Waals surface area contributed by atoms with Crippen LogP contribution >= 0.6 is 11.6 Å². The van der Waals surface area contributed by atoms with Gasteiger partial charge in [-0.05, 0) is 48.7 Å². The Balaban J connectivity index is 1.94. The SMILES string of the molecule is COCCCN1C(=O)c2oc3cc(C)c(Cl)cc3c(=O)c2C1c1ccc(OC)c(OC)c1. The summed E-state index contributed by atoms with van der Waals surface area (Å²) in [6.07, 6.45) is 0.610. The van der Waals surface area contributed by atoms with Gasteiger partial charge >= 0.3 is 0 Å². The smallest absolute Gasteiger partial charge is 0.290 e. The monoisotopic (exact) mass is 457 g/mol. The van der Waals surface area contributed by atoms with Gasteiger partial charge in [-0.25, -0.2) is 0 Å². The number of ether oxygens (including phenoxy) is 3. The Kier molecular flexibility index (Phi) is 6.13. The minimum Gasteiger partial charge on any atom is -0.493 e. The van der Waals surface area contributed by atoms with Crippen LogP contribution < -0.4 is 14.9 Å². The van der Waals surface area contributed by atoms with Crippen molar-refractivity contribution in [2.24, 2.45) is 0 Å². The Morgan fingerprint density at radius 3 is 2.50 bits per heavy atom. The first-order chi connectivity index (χ1) is 15.4. The highest BCUT2D eigenvalue weighted by molar-refractivity contribution is 6.32. The van der Waals surface area contributed by atoms with E-state index < -0.39 is 6.04 Å². The normalized spacial score (nSPS) is 15.3. The first kappa shape index (κ1) is 22.2. The van der Waals surface area contributed by atoms with Crippen molar-refractivity contribution in [2.45, 2.75) is 19.4 Å². The second-order valence-corrected chi connectivity index (χ2v) is 8.04. The van der Waals surface area contributed by atoms with Gasteiger partial charge in [0, 0.05) is 25.3 Å². The summed E-state index contributed by atoms with van der Waals surface area (Å²) in [5.74, 6) is 0.787. The summed E-state index contributed by atoms with van der Waals surface area (Å²) >= 11 is 6.28. The summed E-state index contributed by atoms with van der Waals surface area (Å²) in [5.41, 5.74) is 1.85. The van der Waals surface area contributed by atoms with Crippen LogP contribution in [0.2, 0.25) is 5.02 Å². The topological polar surface area (TPSA) is 78.2 Å². The molecule has 0 saturated heterocycles. The molecule has 1 aromatic heterocycles. The van der Waals surface area contributed by atoms with Gasteiger partial charge < -0.3 is 23.5 Å². The van der Waals surface area contributed by atoms with E-state index in [2.05, 4.69) is 0 Å². The lowest BCUT2D eigenvalue weighted by Gasteiger charge is -2.25. The number of hydrogen-bond donors (Lipinski definition) is 0. The molecule has 0 N–H and O–H groups in total. The molecule has 7 nitrogen and oxygen atoms in total. The number of hydrogen-bond acceptors (Lipinski definition) is 6. The van der Waals surface area contributed by atoms with E-state index in [-0.39, 0.29) is 17.1 Å². The van der Waals surface area contributed by atoms with Gasteiger partial charge in [-0.1, -0.05) is 17.7 Å². The number of amides is 1. The van der Waals surface area contributed by atoms with E-state index in [1.165, 1.54) is 7.11 Å². The number of methoxy groups -OCH3 is 3. The average Bonchev–Trinajstić information content (AvgIpc) is 3.07. The first-order valence-electron chi connectivity index (χ1n) is 10.2. The third kappa shape index (κ3) is 3.61. The van der Waals surface area contributed by atoms with Crippen LogP contribution in [0.4, 0.5) is 0 Å². The molecule has 168 valence electrons. The average molecular weight is 458 g/mol. The lowest BCUT2D eigenvalue weighted by molar-refractivity contribution is 0.0707. The summed E-state index contributed by atoms with van der Waals surface area (Å²) in [7, 11) is 4.70. The third-order valence-corrected chi connectivity index (χ3v) is 6.12. The zero-order valence-electron chi connectivity index (χ0n) is 18.4. The van der Waals surface area contributed by atoms with Crippen LogP contribution in [0.3, 0.4) is 0 Å². The van der Waals surface area contributed by atoms with E-state index in [1.807, 2.05) is 13.0 Å². The summed E-state index contributed by atoms with van der Waals surface area (Å²) < 4.78 is 21.9. The van der Waals surface area contributed by atoms with Crippen LogP contribution in [0.1, 0.15) is 39.7 Å². The number of halogens is 1. The Hall–Kier alpha value is -3.03. The highest BCUT2D eigenvalue weighted by atomic mass is 35.5. The molecule has 1 aliphatic rings. The summed E-state index contributed by atoms with van der Waals surface area (Å²) in [5, 5.41) is 0.810. The van der Waals surface area contributed by atoms with Gasteiger partial charge in [-0.15, -0.1) is 0 Å². The summed E-state index contributed by atoms with van der Waals surface area (Å²) in [6, 6.07) is 8.01. The molecule has 1 unspecified atom stereocenters. The number of rotatable bonds is 7. The van der Waals surface area contributed by atoms with Crippen molar-refractivity contribution >= 4 is 28.5 Å². The predicted molar refractivity (Wildman–Crippen MR) is 121 cm³/mol. The van der Waals surface area contributed by atoms with Crippen LogP contribution in [0, 0.1) is 6.92 Å². The maximum Gasteiger partial charge on any atom is 0.290 e. The van der Waals surface area contributed by atoms with Gasteiger partial charge in [0.1, 0.15) is 5.58 Å². The van der Waals surface area contributed by atoms with Gasteiger partial charge in [0.15, 0.2) is 16.9 Å². The molecule has 0 radical (unpaired) electrons. The minimum atomic E-state index is -0.630. The Bertz CT molecular complexity index is 1250. The number of benzene rings is 2. The summed E-state index contributed by atoms with van der Waals surface area (Å²) in [4.78, 5) is 28.6. The zero-order valence-corrected chi connectivity index (χ0v) is 19.1. The number of carbonyl (C=O) groups is 1. The van der Waals surface area contributed by atoms with E-state index in [9.17, 15) is 9.59 Å². The molecular formula is C24H24ClNO6. The van der Waals surface area contributed by atoms with Crippen LogP contribution in [0.25, 0.3) is 11.0 Å². The molecule has 0 aliphatic carbocycles. The van der Waals surface area contributed by atoms with Gasteiger partial charge in [-0.3, -0.25) is 9.59 Å². The van der Waals surface area contributed by atoms with E-state index in [0.717, 1.165) is 11.1 Å². The van der Waals surface area contributed by atoms with Gasteiger partial charge in [0.2, 0.25) is 5.76 Å². The van der Waals surface area contributed by atoms with Crippen molar-refractivity contribution in [3.05, 3.63) is 68.0 Å². The second kappa shape index (κ2) is 8.84. The Morgan fingerprint density at radius 1 is 1.06 bits per heavy atom. The largest absolute Gasteiger partial charge is 0.493 e. The fraction of sp³-hybridized carbons (Fsp3) is 0.333. The molecule has 2 heterocycles. The van der Waals surface area contributed by atoms with E-state index in [4.69, 9.17) is 30.2 Å². The molecule has 1 atom stereocenters. The number of nitrogens with zero attached hydrogens (tertiary/aromatic N) is 1. The van der Waals surface area contributed by atoms with Gasteiger partial charge in [-0.2, -0.15) is 0 Å². The molecular weight excluding hydrogens is 434 g/mol. The van der Waals surface area contributed by atoms with Crippen LogP contribution in [0.15, 0.2) is 39.5 Å². The molecule has 2 aromatic carbocycles. The van der Waals surface area contributed by atoms with Crippen molar-refractivity contribution in [1.82, 2.24) is 4.90 Å². The predicted octanol–water partition coefficient (Wildman–Crippen LogP) is 4.35. The van der Waals surface area contributed by atoms with Crippen LogP contribution in [-0.2, 0) is 4.74 Å². The standard InChI is InChI=1S/C24H24ClNO6/c1-13-10-18-15(12-16(13)25)22(27)20-21(14-6-7-17(30-3)19(11-14)31-4)26(8-5-9-29-2)24(28)23(20)32-18/h6-7,10-12,21H,5,8-9H2,1-4H3. The highest BCUT2D eigenvalue weighted by Crippen LogP contribution is 2.41. The number of carbonyl (C=O) groups excluding carboxylic acids is 1. The van der Waals surface area contributed by atoms with Crippen LogP contribution in [0.5, 0.6) is 11.5 Å². The fourth-order valence-corrected chi connectivity index (χ4v) is 4.28. The Morgan fingerprint density at radius 2 is 1.81 bits per heavy atom. The van der Waals surface area contributed by atoms with Crippen molar-refractivity contribution in [1.29, 1.82) is 0 Å². The van der Waals surface area contributed by atoms with Gasteiger partial charge in [0.25, 0.3) is 5.91 Å². The Labute approximate surface area is 190 Å². The van der Waals surface area contributed by atoms with Gasteiger partial charge in [0.05, 0.1) is 31.2 Å². The highest BCUT2D eigenvalue weighted by Gasteiger charge is 2.42. The molecule has 0 bridgehead atoms. The molecule has 1 aliphatic heterocycles. The molecule has 1 amide bonds. The molecule has 32 heavy (non-hydrogen) atoms. The molecule has 8 heteroatoms. The van der Waals surface area contributed by atoms with E-state index in [0.29, 0.717) is 52.6 Å². The number of fused-ring (bicyclic) bond motifs is 2. The fourth-order valence-electron chi connectivity index (χ4n) is 4.12. The van der Waals surface area contributed by atoms with E-state index >= 15 is 0 Å². The van der Waals surface area contributed by atoms with Crippen molar-refractivity contribution < 1.29 is 23.4 Å². The second-order valence-electron chi connectivity index (χ2n) is 7.63. The molecule has 0 spiro atoms. The minimum absolute atomic E-state index is 0.0569. The molecule has 4 rings (SSSR count). The maximum absolute atomic E-state index is 13.6. The molecule has 0 fully saturated rings. The van der Waals surface area contributed by atoms with E-state index in [1.54, 1.807) is 43.4 Å². The van der Waals surface area contributed by atoms with Crippen LogP contribution in [-0.4, -0.2) is 45.3 Å². The number of aryl methyl sites for hydroxylation is 1.